The Morgan fingerprint density at radius 3 is 3.09 bits per heavy atom. The number of aliphatic hydroxyl groups is 1. The van der Waals surface area contributed by atoms with Crippen molar-refractivity contribution in [3.05, 3.63) is 46.0 Å². The molecule has 0 aliphatic carbocycles. The van der Waals surface area contributed by atoms with Crippen molar-refractivity contribution in [2.24, 2.45) is 5.92 Å². The van der Waals surface area contributed by atoms with Gasteiger partial charge in [0.1, 0.15) is 5.82 Å². The van der Waals surface area contributed by atoms with E-state index in [9.17, 15) is 14.3 Å². The summed E-state index contributed by atoms with van der Waals surface area (Å²) in [6, 6.07) is 5.68. The van der Waals surface area contributed by atoms with E-state index < -0.39 is 5.82 Å². The number of aliphatic hydroxyl groups excluding tert-OH is 1. The SMILES string of the molecule is O=c1cc(CN2CCOC[C@@H](CO)C2)[nH]c2ccc(F)cc12. The summed E-state index contributed by atoms with van der Waals surface area (Å²) in [5.74, 6) is -0.329. The van der Waals surface area contributed by atoms with Crippen LogP contribution in [0.2, 0.25) is 0 Å². The number of aromatic amines is 1. The van der Waals surface area contributed by atoms with Gasteiger partial charge in [0, 0.05) is 54.8 Å². The molecule has 2 aromatic rings. The Morgan fingerprint density at radius 2 is 2.27 bits per heavy atom. The molecule has 1 aromatic heterocycles. The standard InChI is InChI=1S/C16H19FN2O3/c17-12-1-2-15-14(5-12)16(21)6-13(18-15)8-19-3-4-22-10-11(7-19)9-20/h1-2,5-6,11,20H,3-4,7-10H2,(H,18,21)/t11-/m1/s1. The van der Waals surface area contributed by atoms with Crippen molar-refractivity contribution in [2.45, 2.75) is 6.54 Å². The van der Waals surface area contributed by atoms with Crippen molar-refractivity contribution in [1.82, 2.24) is 9.88 Å². The van der Waals surface area contributed by atoms with Gasteiger partial charge in [0.2, 0.25) is 0 Å². The van der Waals surface area contributed by atoms with Crippen LogP contribution < -0.4 is 5.43 Å². The summed E-state index contributed by atoms with van der Waals surface area (Å²) in [7, 11) is 0. The molecule has 1 atom stereocenters. The zero-order valence-corrected chi connectivity index (χ0v) is 12.2. The molecule has 0 amide bonds. The summed E-state index contributed by atoms with van der Waals surface area (Å²) in [4.78, 5) is 17.4. The predicted molar refractivity (Wildman–Crippen MR) is 81.2 cm³/mol. The summed E-state index contributed by atoms with van der Waals surface area (Å²) in [6.45, 7) is 3.30. The maximum Gasteiger partial charge on any atom is 0.189 e. The molecule has 3 rings (SSSR count). The summed E-state index contributed by atoms with van der Waals surface area (Å²) in [6.07, 6.45) is 0. The molecule has 118 valence electrons. The van der Waals surface area contributed by atoms with E-state index in [0.29, 0.717) is 30.7 Å². The fourth-order valence-electron chi connectivity index (χ4n) is 2.81. The highest BCUT2D eigenvalue weighted by Crippen LogP contribution is 2.13. The number of fused-ring (bicyclic) bond motifs is 1. The molecule has 2 N–H and O–H groups in total. The van der Waals surface area contributed by atoms with Gasteiger partial charge in [-0.3, -0.25) is 9.69 Å². The van der Waals surface area contributed by atoms with Crippen molar-refractivity contribution >= 4 is 10.9 Å². The van der Waals surface area contributed by atoms with Crippen LogP contribution in [0.15, 0.2) is 29.1 Å². The lowest BCUT2D eigenvalue weighted by atomic mass is 10.1. The minimum Gasteiger partial charge on any atom is -0.396 e. The second-order valence-corrected chi connectivity index (χ2v) is 5.71. The molecular weight excluding hydrogens is 287 g/mol. The Labute approximate surface area is 127 Å². The maximum absolute atomic E-state index is 13.2. The highest BCUT2D eigenvalue weighted by atomic mass is 19.1. The van der Waals surface area contributed by atoms with Gasteiger partial charge < -0.3 is 14.8 Å². The molecule has 1 aromatic carbocycles. The number of H-pyrrole nitrogens is 1. The van der Waals surface area contributed by atoms with E-state index in [1.807, 2.05) is 0 Å². The topological polar surface area (TPSA) is 65.6 Å². The van der Waals surface area contributed by atoms with Gasteiger partial charge in [-0.15, -0.1) is 0 Å². The highest BCUT2D eigenvalue weighted by Gasteiger charge is 2.18. The fourth-order valence-corrected chi connectivity index (χ4v) is 2.81. The van der Waals surface area contributed by atoms with Crippen LogP contribution in [0.5, 0.6) is 0 Å². The van der Waals surface area contributed by atoms with E-state index in [2.05, 4.69) is 9.88 Å². The van der Waals surface area contributed by atoms with E-state index >= 15 is 0 Å². The monoisotopic (exact) mass is 306 g/mol. The Balaban J connectivity index is 1.84. The van der Waals surface area contributed by atoms with Crippen molar-refractivity contribution < 1.29 is 14.2 Å². The van der Waals surface area contributed by atoms with Crippen LogP contribution in [0, 0.1) is 11.7 Å². The lowest BCUT2D eigenvalue weighted by Crippen LogP contribution is -2.31. The smallest absolute Gasteiger partial charge is 0.189 e. The fraction of sp³-hybridized carbons (Fsp3) is 0.438. The lowest BCUT2D eigenvalue weighted by Gasteiger charge is -2.22. The van der Waals surface area contributed by atoms with E-state index in [4.69, 9.17) is 4.74 Å². The molecule has 0 bridgehead atoms. The molecule has 22 heavy (non-hydrogen) atoms. The molecule has 0 unspecified atom stereocenters. The number of hydrogen-bond donors (Lipinski definition) is 2. The number of nitrogens with one attached hydrogen (secondary N) is 1. The van der Waals surface area contributed by atoms with E-state index in [-0.39, 0.29) is 18.0 Å². The van der Waals surface area contributed by atoms with E-state index in [0.717, 1.165) is 18.8 Å². The Bertz CT molecular complexity index is 716. The van der Waals surface area contributed by atoms with Gasteiger partial charge in [0.25, 0.3) is 0 Å². The Hall–Kier alpha value is -1.76. The van der Waals surface area contributed by atoms with Gasteiger partial charge in [-0.25, -0.2) is 4.39 Å². The van der Waals surface area contributed by atoms with Gasteiger partial charge in [0.05, 0.1) is 13.2 Å². The van der Waals surface area contributed by atoms with Crippen LogP contribution in [-0.2, 0) is 11.3 Å². The molecule has 0 spiro atoms. The molecule has 1 fully saturated rings. The van der Waals surface area contributed by atoms with E-state index in [1.165, 1.54) is 18.2 Å². The first kappa shape index (κ1) is 15.1. The van der Waals surface area contributed by atoms with Crippen LogP contribution in [0.3, 0.4) is 0 Å². The number of halogens is 1. The molecule has 0 radical (unpaired) electrons. The molecule has 6 heteroatoms. The Morgan fingerprint density at radius 1 is 1.41 bits per heavy atom. The van der Waals surface area contributed by atoms with Crippen LogP contribution in [0.4, 0.5) is 4.39 Å². The average Bonchev–Trinajstić information content (AvgIpc) is 2.73. The summed E-state index contributed by atoms with van der Waals surface area (Å²) >= 11 is 0. The molecule has 1 aliphatic rings. The molecular formula is C16H19FN2O3. The average molecular weight is 306 g/mol. The summed E-state index contributed by atoms with van der Waals surface area (Å²) in [5, 5.41) is 9.67. The number of aromatic nitrogens is 1. The first-order valence-electron chi connectivity index (χ1n) is 7.38. The second-order valence-electron chi connectivity index (χ2n) is 5.71. The molecule has 0 saturated carbocycles. The van der Waals surface area contributed by atoms with Crippen molar-refractivity contribution in [3.8, 4) is 0 Å². The van der Waals surface area contributed by atoms with Crippen molar-refractivity contribution in [1.29, 1.82) is 0 Å². The van der Waals surface area contributed by atoms with Gasteiger partial charge in [-0.1, -0.05) is 0 Å². The van der Waals surface area contributed by atoms with E-state index in [1.54, 1.807) is 6.07 Å². The second kappa shape index (κ2) is 6.56. The number of benzene rings is 1. The highest BCUT2D eigenvalue weighted by molar-refractivity contribution is 5.78. The normalized spacial score (nSPS) is 20.2. The number of hydrogen-bond acceptors (Lipinski definition) is 4. The van der Waals surface area contributed by atoms with Crippen LogP contribution in [0.1, 0.15) is 5.69 Å². The number of ether oxygens (including phenoxy) is 1. The van der Waals surface area contributed by atoms with Crippen LogP contribution in [0.25, 0.3) is 10.9 Å². The third-order valence-corrected chi connectivity index (χ3v) is 3.92. The first-order chi connectivity index (χ1) is 10.7. The van der Waals surface area contributed by atoms with Gasteiger partial charge in [-0.2, -0.15) is 0 Å². The third-order valence-electron chi connectivity index (χ3n) is 3.92. The zero-order chi connectivity index (χ0) is 15.5. The van der Waals surface area contributed by atoms with Crippen LogP contribution >= 0.6 is 0 Å². The quantitative estimate of drug-likeness (QED) is 0.891. The van der Waals surface area contributed by atoms with Gasteiger partial charge in [0.15, 0.2) is 5.43 Å². The number of pyridine rings is 1. The molecule has 1 aliphatic heterocycles. The zero-order valence-electron chi connectivity index (χ0n) is 12.2. The third kappa shape index (κ3) is 3.35. The maximum atomic E-state index is 13.2. The van der Waals surface area contributed by atoms with Gasteiger partial charge >= 0.3 is 0 Å². The minimum absolute atomic E-state index is 0.0868. The Kier molecular flexibility index (Phi) is 4.52. The van der Waals surface area contributed by atoms with Crippen molar-refractivity contribution in [3.63, 3.8) is 0 Å². The molecule has 5 nitrogen and oxygen atoms in total. The number of rotatable bonds is 3. The first-order valence-corrected chi connectivity index (χ1v) is 7.38. The predicted octanol–water partition coefficient (Wildman–Crippen LogP) is 1.11. The lowest BCUT2D eigenvalue weighted by molar-refractivity contribution is 0.0958. The largest absolute Gasteiger partial charge is 0.396 e. The van der Waals surface area contributed by atoms with Crippen molar-refractivity contribution in [2.75, 3.05) is 32.9 Å². The molecule has 2 heterocycles. The summed E-state index contributed by atoms with van der Waals surface area (Å²) < 4.78 is 18.7. The number of nitrogens with zero attached hydrogens (tertiary/aromatic N) is 1. The summed E-state index contributed by atoms with van der Waals surface area (Å²) in [5.41, 5.74) is 1.23. The van der Waals surface area contributed by atoms with Gasteiger partial charge in [-0.05, 0) is 18.2 Å². The molecule has 1 saturated heterocycles. The van der Waals surface area contributed by atoms with Crippen LogP contribution in [-0.4, -0.2) is 47.9 Å². The minimum atomic E-state index is -0.416.